The fourth-order valence-electron chi connectivity index (χ4n) is 1.71. The van der Waals surface area contributed by atoms with Gasteiger partial charge in [-0.05, 0) is 26.7 Å². The van der Waals surface area contributed by atoms with E-state index >= 15 is 0 Å². The quantitative estimate of drug-likeness (QED) is 0.622. The van der Waals surface area contributed by atoms with Crippen molar-refractivity contribution in [3.63, 3.8) is 0 Å². The Bertz CT molecular complexity index is 121. The van der Waals surface area contributed by atoms with Gasteiger partial charge in [-0.25, -0.2) is 0 Å². The molecule has 80 valence electrons. The molecule has 2 atom stereocenters. The summed E-state index contributed by atoms with van der Waals surface area (Å²) in [5, 5.41) is 9.98. The molecule has 0 aromatic rings. The molecule has 2 heteroatoms. The van der Waals surface area contributed by atoms with Gasteiger partial charge in [0.05, 0.1) is 0 Å². The molecular formula is C11H24O2. The molecule has 0 bridgehead atoms. The first-order valence-electron chi connectivity index (χ1n) is 5.44. The molecule has 0 saturated heterocycles. The molecule has 13 heavy (non-hydrogen) atoms. The topological polar surface area (TPSA) is 29.5 Å². The standard InChI is InChI=1S/C11H24O2/c1-5-8-9-10(6-2)11(4,12)13-7-3/h10,12H,5-9H2,1-4H3. The van der Waals surface area contributed by atoms with Gasteiger partial charge in [0, 0.05) is 12.5 Å². The summed E-state index contributed by atoms with van der Waals surface area (Å²) in [6.07, 6.45) is 4.38. The summed E-state index contributed by atoms with van der Waals surface area (Å²) < 4.78 is 5.33. The van der Waals surface area contributed by atoms with Gasteiger partial charge in [0.1, 0.15) is 0 Å². The van der Waals surface area contributed by atoms with E-state index in [1.165, 1.54) is 12.8 Å². The maximum absolute atomic E-state index is 9.98. The van der Waals surface area contributed by atoms with Crippen molar-refractivity contribution in [1.82, 2.24) is 0 Å². The van der Waals surface area contributed by atoms with Crippen LogP contribution in [0.1, 0.15) is 53.4 Å². The fourth-order valence-corrected chi connectivity index (χ4v) is 1.71. The monoisotopic (exact) mass is 188 g/mol. The normalized spacial score (nSPS) is 18.2. The summed E-state index contributed by atoms with van der Waals surface area (Å²) in [6.45, 7) is 8.55. The van der Waals surface area contributed by atoms with E-state index < -0.39 is 5.79 Å². The Morgan fingerprint density at radius 2 is 1.92 bits per heavy atom. The van der Waals surface area contributed by atoms with Crippen molar-refractivity contribution >= 4 is 0 Å². The van der Waals surface area contributed by atoms with Crippen molar-refractivity contribution in [2.24, 2.45) is 5.92 Å². The highest BCUT2D eigenvalue weighted by Crippen LogP contribution is 2.26. The first kappa shape index (κ1) is 12.9. The number of hydrogen-bond acceptors (Lipinski definition) is 2. The molecule has 0 heterocycles. The lowest BCUT2D eigenvalue weighted by atomic mass is 9.91. The molecule has 0 saturated carbocycles. The second-order valence-electron chi connectivity index (χ2n) is 3.74. The van der Waals surface area contributed by atoms with Crippen LogP contribution < -0.4 is 0 Å². The number of hydrogen-bond donors (Lipinski definition) is 1. The maximum Gasteiger partial charge on any atom is 0.165 e. The van der Waals surface area contributed by atoms with Crippen LogP contribution in [0.4, 0.5) is 0 Å². The Labute approximate surface area is 82.3 Å². The van der Waals surface area contributed by atoms with E-state index in [9.17, 15) is 5.11 Å². The van der Waals surface area contributed by atoms with Gasteiger partial charge < -0.3 is 9.84 Å². The average molecular weight is 188 g/mol. The van der Waals surface area contributed by atoms with Crippen molar-refractivity contribution < 1.29 is 9.84 Å². The van der Waals surface area contributed by atoms with Crippen LogP contribution in [0.3, 0.4) is 0 Å². The molecular weight excluding hydrogens is 164 g/mol. The average Bonchev–Trinajstić information content (AvgIpc) is 2.05. The summed E-state index contributed by atoms with van der Waals surface area (Å²) >= 11 is 0. The van der Waals surface area contributed by atoms with Gasteiger partial charge in [-0.15, -0.1) is 0 Å². The second-order valence-corrected chi connectivity index (χ2v) is 3.74. The predicted molar refractivity (Wildman–Crippen MR) is 55.6 cm³/mol. The molecule has 0 aliphatic carbocycles. The maximum atomic E-state index is 9.98. The Morgan fingerprint density at radius 1 is 1.31 bits per heavy atom. The fraction of sp³-hybridized carbons (Fsp3) is 1.00. The van der Waals surface area contributed by atoms with Crippen LogP contribution in [-0.2, 0) is 4.74 Å². The van der Waals surface area contributed by atoms with Crippen molar-refractivity contribution in [1.29, 1.82) is 0 Å². The smallest absolute Gasteiger partial charge is 0.165 e. The lowest BCUT2D eigenvalue weighted by Crippen LogP contribution is -2.37. The molecule has 0 aromatic heterocycles. The van der Waals surface area contributed by atoms with Crippen molar-refractivity contribution in [3.05, 3.63) is 0 Å². The summed E-state index contributed by atoms with van der Waals surface area (Å²) in [5.41, 5.74) is 0. The molecule has 1 N–H and O–H groups in total. The van der Waals surface area contributed by atoms with E-state index in [1.807, 2.05) is 6.92 Å². The first-order chi connectivity index (χ1) is 6.08. The Kier molecular flexibility index (Phi) is 6.35. The predicted octanol–water partition coefficient (Wildman–Crippen LogP) is 2.95. The number of unbranched alkanes of at least 4 members (excludes halogenated alkanes) is 1. The third kappa shape index (κ3) is 4.63. The van der Waals surface area contributed by atoms with Crippen LogP contribution in [0.5, 0.6) is 0 Å². The molecule has 0 rings (SSSR count). The van der Waals surface area contributed by atoms with Gasteiger partial charge in [0.25, 0.3) is 0 Å². The van der Waals surface area contributed by atoms with Crippen LogP contribution in [0.2, 0.25) is 0 Å². The summed E-state index contributed by atoms with van der Waals surface area (Å²) in [7, 11) is 0. The summed E-state index contributed by atoms with van der Waals surface area (Å²) in [5.74, 6) is -0.661. The van der Waals surface area contributed by atoms with E-state index in [0.717, 1.165) is 12.8 Å². The third-order valence-electron chi connectivity index (χ3n) is 2.59. The number of ether oxygens (including phenoxy) is 1. The lowest BCUT2D eigenvalue weighted by Gasteiger charge is -2.31. The molecule has 0 aromatic carbocycles. The van der Waals surface area contributed by atoms with Gasteiger partial charge in [0.15, 0.2) is 5.79 Å². The SMILES string of the molecule is CCCCC(CC)C(C)(O)OCC. The van der Waals surface area contributed by atoms with Gasteiger partial charge >= 0.3 is 0 Å². The molecule has 2 nitrogen and oxygen atoms in total. The highest BCUT2D eigenvalue weighted by Gasteiger charge is 2.30. The van der Waals surface area contributed by atoms with Crippen LogP contribution in [0, 0.1) is 5.92 Å². The molecule has 0 fully saturated rings. The van der Waals surface area contributed by atoms with E-state index in [2.05, 4.69) is 13.8 Å². The minimum Gasteiger partial charge on any atom is -0.365 e. The number of aliphatic hydroxyl groups is 1. The molecule has 2 unspecified atom stereocenters. The first-order valence-corrected chi connectivity index (χ1v) is 5.44. The molecule has 0 amide bonds. The lowest BCUT2D eigenvalue weighted by molar-refractivity contribution is -0.223. The second kappa shape index (κ2) is 6.39. The largest absolute Gasteiger partial charge is 0.365 e. The zero-order valence-electron chi connectivity index (χ0n) is 9.47. The van der Waals surface area contributed by atoms with Crippen molar-refractivity contribution in [2.45, 2.75) is 59.2 Å². The van der Waals surface area contributed by atoms with E-state index in [0.29, 0.717) is 6.61 Å². The minimum absolute atomic E-state index is 0.271. The van der Waals surface area contributed by atoms with Gasteiger partial charge in [-0.1, -0.05) is 26.7 Å². The van der Waals surface area contributed by atoms with Crippen LogP contribution in [0.15, 0.2) is 0 Å². The van der Waals surface area contributed by atoms with Crippen LogP contribution >= 0.6 is 0 Å². The number of rotatable bonds is 7. The Balaban J connectivity index is 4.02. The molecule has 0 aliphatic rings. The van der Waals surface area contributed by atoms with Gasteiger partial charge in [-0.2, -0.15) is 0 Å². The van der Waals surface area contributed by atoms with E-state index in [-0.39, 0.29) is 5.92 Å². The highest BCUT2D eigenvalue weighted by atomic mass is 16.6. The van der Waals surface area contributed by atoms with E-state index in [1.54, 1.807) is 6.92 Å². The van der Waals surface area contributed by atoms with Crippen LogP contribution in [-0.4, -0.2) is 17.5 Å². The summed E-state index contributed by atoms with van der Waals surface area (Å²) in [4.78, 5) is 0. The molecule has 0 aliphatic heterocycles. The Hall–Kier alpha value is -0.0800. The van der Waals surface area contributed by atoms with E-state index in [4.69, 9.17) is 4.74 Å². The summed E-state index contributed by atoms with van der Waals surface area (Å²) in [6, 6.07) is 0. The molecule has 0 spiro atoms. The zero-order chi connectivity index (χ0) is 10.3. The van der Waals surface area contributed by atoms with Crippen molar-refractivity contribution in [3.8, 4) is 0 Å². The molecule has 0 radical (unpaired) electrons. The van der Waals surface area contributed by atoms with Crippen LogP contribution in [0.25, 0.3) is 0 Å². The highest BCUT2D eigenvalue weighted by molar-refractivity contribution is 4.71. The Morgan fingerprint density at radius 3 is 2.31 bits per heavy atom. The van der Waals surface area contributed by atoms with Gasteiger partial charge in [0.2, 0.25) is 0 Å². The minimum atomic E-state index is -0.932. The third-order valence-corrected chi connectivity index (χ3v) is 2.59. The van der Waals surface area contributed by atoms with Gasteiger partial charge in [-0.3, -0.25) is 0 Å². The van der Waals surface area contributed by atoms with Crippen molar-refractivity contribution in [2.75, 3.05) is 6.61 Å². The zero-order valence-corrected chi connectivity index (χ0v) is 9.47.